The van der Waals surface area contributed by atoms with Crippen molar-refractivity contribution in [1.82, 2.24) is 0 Å². The van der Waals surface area contributed by atoms with Crippen molar-refractivity contribution in [3.8, 4) is 0 Å². The Bertz CT molecular complexity index is 811. The molecule has 0 aromatic heterocycles. The molecule has 2 aromatic carbocycles. The van der Waals surface area contributed by atoms with Gasteiger partial charge in [-0.25, -0.2) is 0 Å². The third-order valence-corrected chi connectivity index (χ3v) is 5.30. The Morgan fingerprint density at radius 2 is 2.00 bits per heavy atom. The van der Waals surface area contributed by atoms with E-state index < -0.39 is 0 Å². The molecule has 0 bridgehead atoms. The van der Waals surface area contributed by atoms with Crippen LogP contribution in [0.25, 0.3) is 0 Å². The van der Waals surface area contributed by atoms with Crippen LogP contribution in [0.4, 0.5) is 11.4 Å². The number of hydrogen-bond acceptors (Lipinski definition) is 3. The number of rotatable bonds is 3. The fourth-order valence-corrected chi connectivity index (χ4v) is 4.00. The summed E-state index contributed by atoms with van der Waals surface area (Å²) in [5.41, 5.74) is 5.19. The maximum Gasteiger partial charge on any atom is 0.269 e. The van der Waals surface area contributed by atoms with Crippen molar-refractivity contribution in [2.75, 3.05) is 5.32 Å². The maximum absolute atomic E-state index is 10.9. The van der Waals surface area contributed by atoms with E-state index in [9.17, 15) is 10.1 Å². The summed E-state index contributed by atoms with van der Waals surface area (Å²) in [6, 6.07) is 13.8. The van der Waals surface area contributed by atoms with Crippen LogP contribution in [-0.4, -0.2) is 4.92 Å². The first-order valence-electron chi connectivity index (χ1n) is 8.47. The number of nitrogens with zero attached hydrogens (tertiary/aromatic N) is 1. The first kappa shape index (κ1) is 14.9. The molecule has 4 rings (SSSR count). The lowest BCUT2D eigenvalue weighted by Gasteiger charge is -2.37. The average Bonchev–Trinajstić information content (AvgIpc) is 3.10. The topological polar surface area (TPSA) is 55.2 Å². The second kappa shape index (κ2) is 5.78. The van der Waals surface area contributed by atoms with Crippen molar-refractivity contribution < 1.29 is 4.92 Å². The maximum atomic E-state index is 10.9. The van der Waals surface area contributed by atoms with Gasteiger partial charge in [0.1, 0.15) is 0 Å². The first-order valence-corrected chi connectivity index (χ1v) is 8.47. The molecule has 2 aliphatic rings. The molecule has 1 heterocycles. The molecule has 1 aliphatic heterocycles. The van der Waals surface area contributed by atoms with Crippen LogP contribution in [0.5, 0.6) is 0 Å². The van der Waals surface area contributed by atoms with E-state index >= 15 is 0 Å². The fourth-order valence-electron chi connectivity index (χ4n) is 4.00. The highest BCUT2D eigenvalue weighted by atomic mass is 16.6. The second-order valence-corrected chi connectivity index (χ2v) is 6.60. The number of allylic oxidation sites excluding steroid dienone is 2. The Kier molecular flexibility index (Phi) is 3.60. The van der Waals surface area contributed by atoms with Gasteiger partial charge in [-0.2, -0.15) is 0 Å². The minimum absolute atomic E-state index is 0.142. The van der Waals surface area contributed by atoms with Gasteiger partial charge in [-0.15, -0.1) is 0 Å². The predicted molar refractivity (Wildman–Crippen MR) is 95.3 cm³/mol. The Balaban J connectivity index is 1.71. The van der Waals surface area contributed by atoms with Gasteiger partial charge in [0, 0.05) is 23.7 Å². The van der Waals surface area contributed by atoms with Crippen LogP contribution in [0.15, 0.2) is 54.6 Å². The number of fused-ring (bicyclic) bond motifs is 3. The molecule has 1 N–H and O–H groups in total. The van der Waals surface area contributed by atoms with Gasteiger partial charge >= 0.3 is 0 Å². The molecule has 0 radical (unpaired) electrons. The summed E-state index contributed by atoms with van der Waals surface area (Å²) in [5, 5.41) is 14.5. The van der Waals surface area contributed by atoms with Gasteiger partial charge in [-0.3, -0.25) is 10.1 Å². The van der Waals surface area contributed by atoms with Crippen LogP contribution in [0.1, 0.15) is 42.0 Å². The highest BCUT2D eigenvalue weighted by molar-refractivity contribution is 5.61. The highest BCUT2D eigenvalue weighted by Crippen LogP contribution is 2.50. The molecule has 0 saturated heterocycles. The van der Waals surface area contributed by atoms with E-state index in [1.807, 2.05) is 12.1 Å². The first-order chi connectivity index (χ1) is 11.7. The summed E-state index contributed by atoms with van der Waals surface area (Å²) in [6.07, 6.45) is 6.67. The van der Waals surface area contributed by atoms with E-state index in [0.29, 0.717) is 11.8 Å². The monoisotopic (exact) mass is 320 g/mol. The highest BCUT2D eigenvalue weighted by Gasteiger charge is 2.37. The molecule has 3 atom stereocenters. The fraction of sp³-hybridized carbons (Fsp3) is 0.300. The number of hydrogen-bond donors (Lipinski definition) is 1. The van der Waals surface area contributed by atoms with Crippen LogP contribution in [0.3, 0.4) is 0 Å². The minimum Gasteiger partial charge on any atom is -0.378 e. The van der Waals surface area contributed by atoms with Crippen LogP contribution in [0, 0.1) is 16.0 Å². The Morgan fingerprint density at radius 1 is 1.21 bits per heavy atom. The minimum atomic E-state index is -0.348. The van der Waals surface area contributed by atoms with Crippen LogP contribution in [-0.2, 0) is 6.42 Å². The van der Waals surface area contributed by atoms with E-state index in [4.69, 9.17) is 0 Å². The summed E-state index contributed by atoms with van der Waals surface area (Å²) >= 11 is 0. The number of nitrogens with one attached hydrogen (secondary N) is 1. The van der Waals surface area contributed by atoms with E-state index in [-0.39, 0.29) is 16.7 Å². The SMILES string of the molecule is CCc1ccc2c(c1)[C@@H]1C=CC[C@@H]1[C@@H](c1ccc([N+](=O)[O-])cc1)N2. The summed E-state index contributed by atoms with van der Waals surface area (Å²) in [6.45, 7) is 2.18. The zero-order valence-electron chi connectivity index (χ0n) is 13.6. The smallest absolute Gasteiger partial charge is 0.269 e. The van der Waals surface area contributed by atoms with Crippen LogP contribution < -0.4 is 5.32 Å². The van der Waals surface area contributed by atoms with E-state index in [1.165, 1.54) is 16.8 Å². The van der Waals surface area contributed by atoms with E-state index in [2.05, 4.69) is 42.6 Å². The van der Waals surface area contributed by atoms with Crippen molar-refractivity contribution in [2.45, 2.75) is 31.7 Å². The lowest BCUT2D eigenvalue weighted by Crippen LogP contribution is -2.29. The summed E-state index contributed by atoms with van der Waals surface area (Å²) < 4.78 is 0. The third-order valence-electron chi connectivity index (χ3n) is 5.30. The number of nitro groups is 1. The van der Waals surface area contributed by atoms with Gasteiger partial charge in [0.05, 0.1) is 11.0 Å². The molecule has 4 heteroatoms. The second-order valence-electron chi connectivity index (χ2n) is 6.60. The number of non-ortho nitro benzene ring substituents is 1. The Labute approximate surface area is 141 Å². The largest absolute Gasteiger partial charge is 0.378 e. The molecule has 0 spiro atoms. The zero-order valence-corrected chi connectivity index (χ0v) is 13.6. The quantitative estimate of drug-likeness (QED) is 0.493. The van der Waals surface area contributed by atoms with Gasteiger partial charge in [0.15, 0.2) is 0 Å². The Hall–Kier alpha value is -2.62. The summed E-state index contributed by atoms with van der Waals surface area (Å²) in [7, 11) is 0. The molecular weight excluding hydrogens is 300 g/mol. The number of benzene rings is 2. The van der Waals surface area contributed by atoms with Gasteiger partial charge in [-0.05, 0) is 41.5 Å². The number of anilines is 1. The zero-order chi connectivity index (χ0) is 16.7. The van der Waals surface area contributed by atoms with Crippen LogP contribution >= 0.6 is 0 Å². The van der Waals surface area contributed by atoms with Crippen molar-refractivity contribution in [1.29, 1.82) is 0 Å². The molecule has 1 aliphatic carbocycles. The van der Waals surface area contributed by atoms with Crippen molar-refractivity contribution in [2.24, 2.45) is 5.92 Å². The summed E-state index contributed by atoms with van der Waals surface area (Å²) in [4.78, 5) is 10.5. The van der Waals surface area contributed by atoms with Crippen molar-refractivity contribution in [3.63, 3.8) is 0 Å². The molecule has 122 valence electrons. The van der Waals surface area contributed by atoms with Gasteiger partial charge in [0.2, 0.25) is 0 Å². The normalized spacial score (nSPS) is 24.1. The van der Waals surface area contributed by atoms with Gasteiger partial charge < -0.3 is 5.32 Å². The Morgan fingerprint density at radius 3 is 2.71 bits per heavy atom. The van der Waals surface area contributed by atoms with Crippen molar-refractivity contribution in [3.05, 3.63) is 81.4 Å². The molecule has 0 saturated carbocycles. The lowest BCUT2D eigenvalue weighted by atomic mass is 9.76. The number of nitro benzene ring substituents is 1. The molecule has 24 heavy (non-hydrogen) atoms. The van der Waals surface area contributed by atoms with Crippen LogP contribution in [0.2, 0.25) is 0 Å². The predicted octanol–water partition coefficient (Wildman–Crippen LogP) is 4.98. The molecule has 0 amide bonds. The third kappa shape index (κ3) is 2.39. The molecule has 2 aromatic rings. The summed E-state index contributed by atoms with van der Waals surface area (Å²) in [5.74, 6) is 0.888. The van der Waals surface area contributed by atoms with Crippen molar-refractivity contribution >= 4 is 11.4 Å². The standard InChI is InChI=1S/C20H20N2O2/c1-2-13-6-11-19-18(12-13)16-4-3-5-17(16)20(21-19)14-7-9-15(10-8-14)22(23)24/h3-4,6-12,16-17,20-21H,2,5H2,1H3/t16-,17+,20-/m1/s1. The van der Waals surface area contributed by atoms with Gasteiger partial charge in [-0.1, -0.05) is 43.3 Å². The average molecular weight is 320 g/mol. The number of aryl methyl sites for hydroxylation is 1. The van der Waals surface area contributed by atoms with E-state index in [1.54, 1.807) is 12.1 Å². The lowest BCUT2D eigenvalue weighted by molar-refractivity contribution is -0.384. The molecular formula is C20H20N2O2. The van der Waals surface area contributed by atoms with Gasteiger partial charge in [0.25, 0.3) is 5.69 Å². The molecule has 0 unspecified atom stereocenters. The molecule has 4 nitrogen and oxygen atoms in total. The van der Waals surface area contributed by atoms with E-state index in [0.717, 1.165) is 18.4 Å². The molecule has 0 fully saturated rings.